The van der Waals surface area contributed by atoms with Crippen molar-refractivity contribution < 1.29 is 63.2 Å². The number of rotatable bonds is 12. The number of hydrogen-bond donors (Lipinski definition) is 0. The summed E-state index contributed by atoms with van der Waals surface area (Å²) in [5, 5.41) is 6.83. The molecule has 15 nitrogen and oxygen atoms in total. The van der Waals surface area contributed by atoms with Crippen LogP contribution in [-0.2, 0) is 84.3 Å². The molecule has 0 aliphatic carbocycles. The molecule has 0 unspecified atom stereocenters. The molecule has 12 heterocycles. The third-order valence-corrected chi connectivity index (χ3v) is 23.0. The fraction of sp³-hybridized carbons (Fsp3) is 0.0278. The van der Waals surface area contributed by atoms with E-state index < -0.39 is 0 Å². The maximum atomic E-state index is 5.08. The molecule has 12 aromatic heterocycles. The minimum absolute atomic E-state index is 0. The topological polar surface area (TPSA) is 146 Å². The molecule has 0 saturated heterocycles. The Balaban J connectivity index is 0.000000122. The fourth-order valence-corrected chi connectivity index (χ4v) is 17.3. The standard InChI is InChI=1S/3C36H23N5.3Pt/c1-40-33-15-5-3-13-31(33)39-36(40)26-22-29(24-16-19-37-20-17-24)35-28-11-2-4-14-32(28)41(34(35)23-26)27-10-8-9-25(21-27)30-12-6-7-18-38-30;1-40-34-15-5-3-13-32(34)39-36(40)30-23-35-29(22-28(30)24-16-19-37-20-17-24)27-11-2-4-14-33(27)41(35)26-10-8-9-25(21-26)31-12-6-7-18-38-31;1-40-33-14-3-2-13-32(33)39-36(40)26-15-16-29-30-11-7-10-28(24-17-20-37-21-18-24)35(30)41(34(29)23-26)27-9-6-8-25(22-27)31-12-4-5-19-38-31;;;/h2*2-20,22H,1H3;2-21H,1H3;;;/q3*-2;3*+2. The molecular weight excluding hydrogens is 2090 g/mol. The smallest absolute Gasteiger partial charge is 0.367 e. The second kappa shape index (κ2) is 34.6. The quantitative estimate of drug-likeness (QED) is 0.109. The number of imidazole rings is 3. The van der Waals surface area contributed by atoms with E-state index in [1.54, 1.807) is 0 Å². The Kier molecular flexibility index (Phi) is 22.3. The molecule has 0 spiro atoms. The normalized spacial score (nSPS) is 11.3. The predicted molar refractivity (Wildman–Crippen MR) is 494 cm³/mol. The molecule has 12 aromatic carbocycles. The minimum atomic E-state index is 0. The first-order valence-corrected chi connectivity index (χ1v) is 40.6. The Morgan fingerprint density at radius 3 is 1.15 bits per heavy atom. The molecule has 18 heteroatoms. The van der Waals surface area contributed by atoms with Crippen LogP contribution in [0.3, 0.4) is 0 Å². The van der Waals surface area contributed by atoms with E-state index in [2.05, 4.69) is 315 Å². The largest absolute Gasteiger partial charge is 2.00 e. The third kappa shape index (κ3) is 14.5. The molecule has 0 N–H and O–H groups in total. The molecule has 0 atom stereocenters. The second-order valence-corrected chi connectivity index (χ2v) is 30.2. The summed E-state index contributed by atoms with van der Waals surface area (Å²) >= 11 is 0. The average molecular weight is 2160 g/mol. The van der Waals surface area contributed by atoms with E-state index in [1.807, 2.05) is 165 Å². The summed E-state index contributed by atoms with van der Waals surface area (Å²) in [6, 6.07) is 128. The maximum Gasteiger partial charge on any atom is 2.00 e. The molecule has 0 bridgehead atoms. The predicted octanol–water partition coefficient (Wildman–Crippen LogP) is 24.2. The summed E-state index contributed by atoms with van der Waals surface area (Å²) in [6.07, 6.45) is 16.5. The zero-order valence-electron chi connectivity index (χ0n) is 67.8. The van der Waals surface area contributed by atoms with E-state index in [-0.39, 0.29) is 63.2 Å². The number of benzene rings is 12. The minimum Gasteiger partial charge on any atom is -0.367 e. The Bertz CT molecular complexity index is 8170. The summed E-state index contributed by atoms with van der Waals surface area (Å²) in [5.74, 6) is 2.61. The van der Waals surface area contributed by atoms with Gasteiger partial charge in [-0.1, -0.05) is 166 Å². The molecule has 24 aromatic rings. The van der Waals surface area contributed by atoms with Crippen molar-refractivity contribution >= 4 is 98.5 Å². The van der Waals surface area contributed by atoms with Gasteiger partial charge in [0.05, 0.1) is 50.6 Å². The van der Waals surface area contributed by atoms with Crippen LogP contribution in [0.15, 0.2) is 365 Å². The van der Waals surface area contributed by atoms with E-state index in [1.165, 1.54) is 0 Å². The zero-order valence-corrected chi connectivity index (χ0v) is 74.6. The van der Waals surface area contributed by atoms with Crippen molar-refractivity contribution in [2.75, 3.05) is 0 Å². The Morgan fingerprint density at radius 1 is 0.246 bits per heavy atom. The van der Waals surface area contributed by atoms with Gasteiger partial charge in [-0.2, -0.15) is 0 Å². The molecule has 606 valence electrons. The Hall–Kier alpha value is -14.6. The first-order chi connectivity index (χ1) is 60.8. The summed E-state index contributed by atoms with van der Waals surface area (Å²) in [4.78, 5) is 41.6. The van der Waals surface area contributed by atoms with Crippen molar-refractivity contribution in [3.05, 3.63) is 402 Å². The van der Waals surface area contributed by atoms with Gasteiger partial charge in [0.15, 0.2) is 0 Å². The van der Waals surface area contributed by atoms with Crippen molar-refractivity contribution in [2.45, 2.75) is 0 Å². The van der Waals surface area contributed by atoms with Crippen LogP contribution in [0.4, 0.5) is 0 Å². The van der Waals surface area contributed by atoms with E-state index in [9.17, 15) is 0 Å². The number of aryl methyl sites for hydroxylation is 3. The Labute approximate surface area is 768 Å². The molecule has 0 radical (unpaired) electrons. The molecular formula is C108H69N15Pt3. The maximum absolute atomic E-state index is 5.08. The van der Waals surface area contributed by atoms with Crippen LogP contribution in [0.25, 0.3) is 217 Å². The van der Waals surface area contributed by atoms with Crippen LogP contribution >= 0.6 is 0 Å². The van der Waals surface area contributed by atoms with Crippen molar-refractivity contribution in [1.82, 2.24) is 72.3 Å². The Morgan fingerprint density at radius 2 is 0.643 bits per heavy atom. The van der Waals surface area contributed by atoms with Crippen molar-refractivity contribution in [3.8, 4) is 118 Å². The van der Waals surface area contributed by atoms with Crippen LogP contribution in [0.1, 0.15) is 0 Å². The molecule has 24 rings (SSSR count). The SMILES string of the molecule is Cn1c(-c2[c-]c3c(c(-c4ccncc4)c2)c2ccccc2n3-c2[c-]c(-c3ccccn3)ccc2)nc2ccccc21.Cn1c(-c2[c-]c3c(cc2)c2cccc(-c4ccncc4)c2n3-c2[c-]c(-c3ccccn3)ccc2)nc2ccccc21.Cn1c(-c2[c-]c3c(cc2-c2ccncc2)c2ccccc2n3-c2[c-]c(-c3ccccn3)ccc2)nc2ccccc21.[Pt+2].[Pt+2].[Pt+2]. The molecule has 0 aliphatic rings. The summed E-state index contributed by atoms with van der Waals surface area (Å²) in [5.41, 5.74) is 29.9. The number of nitrogens with zero attached hydrogens (tertiary/aromatic N) is 15. The molecule has 0 amide bonds. The first kappa shape index (κ1) is 81.1. The first-order valence-electron chi connectivity index (χ1n) is 40.6. The van der Waals surface area contributed by atoms with Gasteiger partial charge in [0.2, 0.25) is 0 Å². The van der Waals surface area contributed by atoms with Gasteiger partial charge in [0, 0.05) is 99.0 Å². The molecule has 0 aliphatic heterocycles. The average Bonchev–Trinajstić information content (AvgIpc) is 1.58. The van der Waals surface area contributed by atoms with Gasteiger partial charge in [-0.05, 0) is 181 Å². The van der Waals surface area contributed by atoms with E-state index in [4.69, 9.17) is 15.0 Å². The van der Waals surface area contributed by atoms with Crippen LogP contribution in [0.2, 0.25) is 0 Å². The van der Waals surface area contributed by atoms with E-state index in [0.717, 1.165) is 217 Å². The number of pyridine rings is 6. The van der Waals surface area contributed by atoms with Crippen LogP contribution < -0.4 is 0 Å². The van der Waals surface area contributed by atoms with Crippen molar-refractivity contribution in [1.29, 1.82) is 0 Å². The van der Waals surface area contributed by atoms with Gasteiger partial charge in [0.1, 0.15) is 0 Å². The van der Waals surface area contributed by atoms with Crippen LogP contribution in [-0.4, -0.2) is 72.3 Å². The van der Waals surface area contributed by atoms with Gasteiger partial charge < -0.3 is 42.4 Å². The fourth-order valence-electron chi connectivity index (χ4n) is 17.3. The van der Waals surface area contributed by atoms with Crippen LogP contribution in [0.5, 0.6) is 0 Å². The van der Waals surface area contributed by atoms with Crippen molar-refractivity contribution in [2.24, 2.45) is 21.1 Å². The van der Waals surface area contributed by atoms with Gasteiger partial charge in [-0.3, -0.25) is 29.9 Å². The van der Waals surface area contributed by atoms with Crippen molar-refractivity contribution in [3.63, 3.8) is 0 Å². The number of para-hydroxylation sites is 9. The monoisotopic (exact) mass is 2160 g/mol. The van der Waals surface area contributed by atoms with Gasteiger partial charge in [0.25, 0.3) is 0 Å². The summed E-state index contributed by atoms with van der Waals surface area (Å²) < 4.78 is 13.2. The van der Waals surface area contributed by atoms with Gasteiger partial charge in [-0.15, -0.1) is 143 Å². The van der Waals surface area contributed by atoms with Crippen LogP contribution in [0, 0.1) is 36.4 Å². The van der Waals surface area contributed by atoms with E-state index >= 15 is 0 Å². The number of aromatic nitrogens is 15. The summed E-state index contributed by atoms with van der Waals surface area (Å²) in [6.45, 7) is 0. The molecule has 0 fully saturated rings. The zero-order chi connectivity index (χ0) is 82.0. The summed E-state index contributed by atoms with van der Waals surface area (Å²) in [7, 11) is 6.19. The number of hydrogen-bond acceptors (Lipinski definition) is 9. The third-order valence-electron chi connectivity index (χ3n) is 23.0. The second-order valence-electron chi connectivity index (χ2n) is 30.2. The van der Waals surface area contributed by atoms with E-state index in [0.29, 0.717) is 0 Å². The van der Waals surface area contributed by atoms with Gasteiger partial charge in [-0.25, -0.2) is 0 Å². The molecule has 126 heavy (non-hydrogen) atoms. The van der Waals surface area contributed by atoms with Gasteiger partial charge >= 0.3 is 63.2 Å². The number of fused-ring (bicyclic) bond motifs is 12. The molecule has 0 saturated carbocycles.